The first kappa shape index (κ1) is 20.8. The molecule has 1 nitrogen and oxygen atoms in total. The molecule has 1 heterocycles. The van der Waals surface area contributed by atoms with Crippen molar-refractivity contribution in [1.29, 1.82) is 0 Å². The Balaban J connectivity index is 1.22. The maximum atomic E-state index is 14.6. The summed E-state index contributed by atoms with van der Waals surface area (Å²) in [5, 5.41) is 0. The highest BCUT2D eigenvalue weighted by atomic mass is 19.2. The normalized spacial score (nSPS) is 29.8. The minimum absolute atomic E-state index is 0.144. The predicted molar refractivity (Wildman–Crippen MR) is 114 cm³/mol. The monoisotopic (exact) mass is 400 g/mol. The fourth-order valence-electron chi connectivity index (χ4n) is 5.14. The van der Waals surface area contributed by atoms with E-state index in [1.54, 1.807) is 17.7 Å². The van der Waals surface area contributed by atoms with Gasteiger partial charge >= 0.3 is 0 Å². The van der Waals surface area contributed by atoms with Crippen LogP contribution in [-0.4, -0.2) is 6.61 Å². The predicted octanol–water partition coefficient (Wildman–Crippen LogP) is 7.78. The van der Waals surface area contributed by atoms with Gasteiger partial charge in [0.05, 0.1) is 6.61 Å². The molecule has 2 aliphatic carbocycles. The number of ether oxygens (including phenoxy) is 1. The van der Waals surface area contributed by atoms with Crippen molar-refractivity contribution < 1.29 is 13.5 Å². The first-order valence-electron chi connectivity index (χ1n) is 11.6. The lowest BCUT2D eigenvalue weighted by atomic mass is 9.78. The standard InChI is InChI=1S/C26H34F2O/c1-2-18-7-9-19(10-8-18)5-3-4-6-20-11-13-21(14-12-20)22-15-16-23(24-17-29-24)26(28)25(22)27/h4,6-7,15-16,19-21,24H,2-3,5,8-14,17H2,1H3/b6-4+. The molecule has 2 unspecified atom stereocenters. The molecule has 1 aromatic rings. The summed E-state index contributed by atoms with van der Waals surface area (Å²) in [6.07, 6.45) is 18.6. The van der Waals surface area contributed by atoms with E-state index in [0.717, 1.165) is 31.6 Å². The van der Waals surface area contributed by atoms with Crippen LogP contribution < -0.4 is 0 Å². The van der Waals surface area contributed by atoms with E-state index >= 15 is 0 Å². The fourth-order valence-corrected chi connectivity index (χ4v) is 5.14. The number of allylic oxidation sites excluding steroid dienone is 4. The molecule has 158 valence electrons. The zero-order valence-electron chi connectivity index (χ0n) is 17.6. The van der Waals surface area contributed by atoms with Crippen LogP contribution in [0.15, 0.2) is 35.9 Å². The van der Waals surface area contributed by atoms with Crippen molar-refractivity contribution >= 4 is 0 Å². The Morgan fingerprint density at radius 2 is 1.76 bits per heavy atom. The molecule has 3 heteroatoms. The highest BCUT2D eigenvalue weighted by Crippen LogP contribution is 2.40. The summed E-state index contributed by atoms with van der Waals surface area (Å²) in [5.41, 5.74) is 2.58. The third kappa shape index (κ3) is 5.17. The lowest BCUT2D eigenvalue weighted by Gasteiger charge is -2.27. The van der Waals surface area contributed by atoms with Crippen molar-refractivity contribution in [3.63, 3.8) is 0 Å². The summed E-state index contributed by atoms with van der Waals surface area (Å²) >= 11 is 0. The Bertz CT molecular complexity index is 754. The number of benzene rings is 1. The van der Waals surface area contributed by atoms with Crippen molar-refractivity contribution in [3.05, 3.63) is 58.7 Å². The second kappa shape index (κ2) is 9.55. The minimum atomic E-state index is -0.698. The number of halogens is 2. The molecule has 0 radical (unpaired) electrons. The summed E-state index contributed by atoms with van der Waals surface area (Å²) in [7, 11) is 0. The first-order valence-corrected chi connectivity index (χ1v) is 11.6. The van der Waals surface area contributed by atoms with Crippen LogP contribution in [0.5, 0.6) is 0 Å². The molecular formula is C26H34F2O. The molecule has 2 atom stereocenters. The highest BCUT2D eigenvalue weighted by Gasteiger charge is 2.32. The molecule has 1 aromatic carbocycles. The molecule has 0 amide bonds. The van der Waals surface area contributed by atoms with Crippen LogP contribution in [-0.2, 0) is 4.74 Å². The fraction of sp³-hybridized carbons (Fsp3) is 0.615. The van der Waals surface area contributed by atoms with Crippen LogP contribution in [0.4, 0.5) is 8.78 Å². The zero-order chi connectivity index (χ0) is 20.2. The van der Waals surface area contributed by atoms with Gasteiger partial charge in [-0.25, -0.2) is 8.78 Å². The van der Waals surface area contributed by atoms with Crippen LogP contribution in [0.25, 0.3) is 0 Å². The van der Waals surface area contributed by atoms with Gasteiger partial charge in [-0.15, -0.1) is 0 Å². The second-order valence-corrected chi connectivity index (χ2v) is 9.17. The smallest absolute Gasteiger partial charge is 0.165 e. The van der Waals surface area contributed by atoms with Gasteiger partial charge in [-0.2, -0.15) is 0 Å². The van der Waals surface area contributed by atoms with Crippen molar-refractivity contribution in [1.82, 2.24) is 0 Å². The van der Waals surface area contributed by atoms with Crippen molar-refractivity contribution in [2.45, 2.75) is 83.2 Å². The molecule has 0 spiro atoms. The average molecular weight is 401 g/mol. The van der Waals surface area contributed by atoms with Crippen molar-refractivity contribution in [2.24, 2.45) is 11.8 Å². The Kier molecular flexibility index (Phi) is 6.85. The van der Waals surface area contributed by atoms with Crippen LogP contribution >= 0.6 is 0 Å². The van der Waals surface area contributed by atoms with Gasteiger partial charge in [0, 0.05) is 5.56 Å². The molecule has 1 aliphatic heterocycles. The maximum Gasteiger partial charge on any atom is 0.165 e. The summed E-state index contributed by atoms with van der Waals surface area (Å²) in [5.74, 6) is 0.245. The molecule has 0 N–H and O–H groups in total. The van der Waals surface area contributed by atoms with E-state index in [1.165, 1.54) is 38.5 Å². The van der Waals surface area contributed by atoms with E-state index in [0.29, 0.717) is 23.7 Å². The van der Waals surface area contributed by atoms with Gasteiger partial charge in [0.25, 0.3) is 0 Å². The van der Waals surface area contributed by atoms with Gasteiger partial charge in [-0.3, -0.25) is 0 Å². The van der Waals surface area contributed by atoms with Crippen molar-refractivity contribution in [2.75, 3.05) is 6.61 Å². The number of epoxide rings is 1. The first-order chi connectivity index (χ1) is 14.2. The SMILES string of the molecule is CCC1=CCC(CC/C=C/C2CCC(c3ccc(C4CO4)c(F)c3F)CC2)CC1. The van der Waals surface area contributed by atoms with Gasteiger partial charge in [-0.1, -0.05) is 42.9 Å². The molecule has 0 bridgehead atoms. The lowest BCUT2D eigenvalue weighted by Crippen LogP contribution is -2.14. The van der Waals surface area contributed by atoms with E-state index in [9.17, 15) is 8.78 Å². The van der Waals surface area contributed by atoms with Crippen molar-refractivity contribution in [3.8, 4) is 0 Å². The minimum Gasteiger partial charge on any atom is -0.368 e. The van der Waals surface area contributed by atoms with Gasteiger partial charge < -0.3 is 4.74 Å². The molecule has 3 aliphatic rings. The van der Waals surface area contributed by atoms with Gasteiger partial charge in [-0.05, 0) is 87.5 Å². The molecule has 29 heavy (non-hydrogen) atoms. The maximum absolute atomic E-state index is 14.6. The molecule has 1 saturated carbocycles. The molecular weight excluding hydrogens is 366 g/mol. The summed E-state index contributed by atoms with van der Waals surface area (Å²) in [6.45, 7) is 2.76. The Morgan fingerprint density at radius 1 is 1.03 bits per heavy atom. The zero-order valence-corrected chi connectivity index (χ0v) is 17.6. The van der Waals surface area contributed by atoms with Gasteiger partial charge in [0.2, 0.25) is 0 Å². The van der Waals surface area contributed by atoms with Crippen LogP contribution in [0.3, 0.4) is 0 Å². The Labute approximate surface area is 174 Å². The molecule has 4 rings (SSSR count). The van der Waals surface area contributed by atoms with Crippen LogP contribution in [0.2, 0.25) is 0 Å². The topological polar surface area (TPSA) is 12.5 Å². The summed E-state index contributed by atoms with van der Waals surface area (Å²) in [6, 6.07) is 3.51. The van der Waals surface area contributed by atoms with Crippen LogP contribution in [0.1, 0.15) is 94.3 Å². The second-order valence-electron chi connectivity index (χ2n) is 9.17. The average Bonchev–Trinajstić information content (AvgIpc) is 3.59. The Morgan fingerprint density at radius 3 is 2.41 bits per heavy atom. The number of hydrogen-bond acceptors (Lipinski definition) is 1. The van der Waals surface area contributed by atoms with E-state index in [4.69, 9.17) is 4.74 Å². The van der Waals surface area contributed by atoms with Gasteiger partial charge in [0.15, 0.2) is 11.6 Å². The largest absolute Gasteiger partial charge is 0.368 e. The lowest BCUT2D eigenvalue weighted by molar-refractivity contribution is 0.360. The number of hydrogen-bond donors (Lipinski definition) is 0. The Hall–Kier alpha value is -1.48. The third-order valence-electron chi connectivity index (χ3n) is 7.25. The van der Waals surface area contributed by atoms with E-state index < -0.39 is 11.6 Å². The summed E-state index contributed by atoms with van der Waals surface area (Å²) < 4.78 is 34.0. The van der Waals surface area contributed by atoms with E-state index in [1.807, 2.05) is 0 Å². The molecule has 0 aromatic heterocycles. The molecule has 1 saturated heterocycles. The number of rotatable bonds is 7. The van der Waals surface area contributed by atoms with Crippen LogP contribution in [0, 0.1) is 23.5 Å². The van der Waals surface area contributed by atoms with Gasteiger partial charge in [0.1, 0.15) is 6.10 Å². The van der Waals surface area contributed by atoms with E-state index in [2.05, 4.69) is 25.2 Å². The quantitative estimate of drug-likeness (QED) is 0.336. The molecule has 2 fully saturated rings. The van der Waals surface area contributed by atoms with E-state index in [-0.39, 0.29) is 12.0 Å². The third-order valence-corrected chi connectivity index (χ3v) is 7.25. The highest BCUT2D eigenvalue weighted by molar-refractivity contribution is 5.32. The summed E-state index contributed by atoms with van der Waals surface area (Å²) in [4.78, 5) is 0.